The summed E-state index contributed by atoms with van der Waals surface area (Å²) in [7, 11) is 0. The Morgan fingerprint density at radius 3 is 1.78 bits per heavy atom. The van der Waals surface area contributed by atoms with Crippen molar-refractivity contribution in [2.75, 3.05) is 0 Å². The first kappa shape index (κ1) is 43.6. The summed E-state index contributed by atoms with van der Waals surface area (Å²) in [5, 5.41) is 74.7. The number of fused-ring (bicyclic) bond motifs is 3. The molecule has 0 spiro atoms. The molecule has 4 saturated heterocycles. The van der Waals surface area contributed by atoms with E-state index in [0.29, 0.717) is 6.42 Å². The lowest BCUT2D eigenvalue weighted by Crippen LogP contribution is -2.58. The van der Waals surface area contributed by atoms with Crippen molar-refractivity contribution in [3.63, 3.8) is 0 Å². The second-order valence-electron chi connectivity index (χ2n) is 17.8. The molecule has 0 radical (unpaired) electrons. The van der Waals surface area contributed by atoms with Gasteiger partial charge in [-0.3, -0.25) is 14.4 Å². The fraction of sp³-hybridized carbons (Fsp3) is 0.698. The number of hydrogen-bond donors (Lipinski definition) is 7. The fourth-order valence-electron chi connectivity index (χ4n) is 10.3. The van der Waals surface area contributed by atoms with Gasteiger partial charge in [-0.15, -0.1) is 0 Å². The molecular formula is C43H56O17. The summed E-state index contributed by atoms with van der Waals surface area (Å²) in [6.45, 7) is 8.44. The topological polar surface area (TPSA) is 257 Å². The Balaban J connectivity index is 0.997. The molecule has 7 N–H and O–H groups in total. The number of aliphatic hydroxyl groups is 6. The first-order valence-electron chi connectivity index (χ1n) is 21.0. The van der Waals surface area contributed by atoms with Crippen molar-refractivity contribution in [2.24, 2.45) is 11.8 Å². The third-order valence-corrected chi connectivity index (χ3v) is 13.3. The molecule has 19 atom stereocenters. The predicted molar refractivity (Wildman–Crippen MR) is 204 cm³/mol. The van der Waals surface area contributed by atoms with Gasteiger partial charge in [-0.25, -0.2) is 0 Å². The van der Waals surface area contributed by atoms with Gasteiger partial charge >= 0.3 is 0 Å². The summed E-state index contributed by atoms with van der Waals surface area (Å²) < 4.78 is 42.4. The molecule has 60 heavy (non-hydrogen) atoms. The molecule has 8 rings (SSSR count). The van der Waals surface area contributed by atoms with Crippen LogP contribution in [0.4, 0.5) is 0 Å². The molecule has 19 unspecified atom stereocenters. The number of aliphatic hydroxyl groups excluding tert-OH is 6. The number of rotatable bonds is 7. The minimum atomic E-state index is -1.41. The van der Waals surface area contributed by atoms with E-state index in [1.54, 1.807) is 33.8 Å². The van der Waals surface area contributed by atoms with Crippen molar-refractivity contribution in [3.8, 4) is 5.75 Å². The van der Waals surface area contributed by atoms with Crippen LogP contribution in [0.3, 0.4) is 0 Å². The maximum Gasteiger partial charge on any atom is 0.197 e. The molecule has 5 fully saturated rings. The maximum atomic E-state index is 14.5. The number of carbonyl (C=O) groups excluding carboxylic acids is 3. The number of benzene rings is 1. The van der Waals surface area contributed by atoms with E-state index in [1.807, 2.05) is 6.92 Å². The fourth-order valence-corrected chi connectivity index (χ4v) is 10.3. The van der Waals surface area contributed by atoms with Crippen LogP contribution in [-0.4, -0.2) is 151 Å². The Morgan fingerprint density at radius 1 is 0.667 bits per heavy atom. The zero-order chi connectivity index (χ0) is 43.1. The van der Waals surface area contributed by atoms with Gasteiger partial charge in [0.05, 0.1) is 66.4 Å². The molecule has 4 heterocycles. The molecular weight excluding hydrogens is 788 g/mol. The number of phenols is 1. The summed E-state index contributed by atoms with van der Waals surface area (Å²) in [5.74, 6) is -3.43. The monoisotopic (exact) mass is 844 g/mol. The normalized spacial score (nSPS) is 45.9. The lowest BCUT2D eigenvalue weighted by atomic mass is 9.61. The minimum absolute atomic E-state index is 0.00742. The minimum Gasteiger partial charge on any atom is -0.507 e. The van der Waals surface area contributed by atoms with E-state index in [-0.39, 0.29) is 71.6 Å². The van der Waals surface area contributed by atoms with Gasteiger partial charge in [-0.05, 0) is 46.1 Å². The molecule has 3 aliphatic carbocycles. The first-order chi connectivity index (χ1) is 28.4. The van der Waals surface area contributed by atoms with Crippen molar-refractivity contribution >= 4 is 17.3 Å². The Hall–Kier alpha value is -3.01. The van der Waals surface area contributed by atoms with Crippen LogP contribution < -0.4 is 0 Å². The molecule has 0 aromatic heterocycles. The van der Waals surface area contributed by atoms with Crippen LogP contribution in [0.2, 0.25) is 0 Å². The van der Waals surface area contributed by atoms with Gasteiger partial charge in [0.15, 0.2) is 30.4 Å². The Bertz CT molecular complexity index is 1870. The molecule has 17 nitrogen and oxygen atoms in total. The number of allylic oxidation sites excluding steroid dienone is 2. The Labute approximate surface area is 346 Å². The summed E-state index contributed by atoms with van der Waals surface area (Å²) in [6, 6.07) is 2.88. The molecule has 1 aromatic rings. The largest absolute Gasteiger partial charge is 0.507 e. The number of hydrogen-bond acceptors (Lipinski definition) is 17. The number of carbonyl (C=O) groups is 3. The summed E-state index contributed by atoms with van der Waals surface area (Å²) >= 11 is 0. The smallest absolute Gasteiger partial charge is 0.197 e. The van der Waals surface area contributed by atoms with Crippen molar-refractivity contribution in [2.45, 2.75) is 177 Å². The molecule has 1 saturated carbocycles. The molecule has 0 bridgehead atoms. The van der Waals surface area contributed by atoms with Gasteiger partial charge in [-0.1, -0.05) is 25.1 Å². The molecule has 330 valence electrons. The van der Waals surface area contributed by atoms with Gasteiger partial charge in [-0.2, -0.15) is 0 Å². The van der Waals surface area contributed by atoms with Crippen molar-refractivity contribution in [3.05, 3.63) is 52.1 Å². The predicted octanol–water partition coefficient (Wildman–Crippen LogP) is 1.20. The number of ether oxygens (including phenoxy) is 7. The lowest BCUT2D eigenvalue weighted by molar-refractivity contribution is -0.323. The van der Waals surface area contributed by atoms with Crippen LogP contribution in [0.25, 0.3) is 0 Å². The number of phenolic OH excluding ortho intramolecular Hbond substituents is 1. The van der Waals surface area contributed by atoms with Gasteiger partial charge in [0.1, 0.15) is 41.5 Å². The number of ketones is 3. The highest BCUT2D eigenvalue weighted by molar-refractivity contribution is 6.30. The van der Waals surface area contributed by atoms with Crippen LogP contribution in [0.1, 0.15) is 106 Å². The average molecular weight is 845 g/mol. The third kappa shape index (κ3) is 7.73. The second kappa shape index (κ2) is 16.6. The van der Waals surface area contributed by atoms with Crippen LogP contribution in [0.5, 0.6) is 5.75 Å². The van der Waals surface area contributed by atoms with Gasteiger partial charge in [0, 0.05) is 54.4 Å². The maximum absolute atomic E-state index is 14.5. The molecule has 17 heteroatoms. The molecule has 1 aromatic carbocycles. The zero-order valence-corrected chi connectivity index (χ0v) is 34.2. The van der Waals surface area contributed by atoms with Crippen LogP contribution in [-0.2, 0) is 38.0 Å². The third-order valence-electron chi connectivity index (χ3n) is 13.3. The van der Waals surface area contributed by atoms with E-state index in [0.717, 1.165) is 0 Å². The number of aromatic hydroxyl groups is 1. The van der Waals surface area contributed by atoms with Crippen molar-refractivity contribution in [1.82, 2.24) is 0 Å². The highest BCUT2D eigenvalue weighted by atomic mass is 16.7. The van der Waals surface area contributed by atoms with E-state index in [9.17, 15) is 50.1 Å². The van der Waals surface area contributed by atoms with E-state index in [1.165, 1.54) is 18.2 Å². The van der Waals surface area contributed by atoms with Gasteiger partial charge in [0.2, 0.25) is 0 Å². The highest BCUT2D eigenvalue weighted by Crippen LogP contribution is 2.52. The van der Waals surface area contributed by atoms with E-state index < -0.39 is 127 Å². The molecule has 0 amide bonds. The standard InChI is InChI=1S/C43H56O17/c1-16-10-24(44)35-33-23(8-9-43(35,15-16)60-32-14-28(48)42(20(5)57-32)59-31-13-26(46)37(50)18(3)56-31)40(53)34-22(39(33)52)7-6-21(38(34)51)29-11-27(47)41(19(4)54-29)58-30-12-25(45)36(49)17(2)55-30/h6-9,16-20,25-32,35-37,41-42,45-51H,10-15H2,1-5H3. The van der Waals surface area contributed by atoms with Gasteiger partial charge < -0.3 is 68.9 Å². The molecule has 4 aliphatic heterocycles. The first-order valence-corrected chi connectivity index (χ1v) is 21.0. The van der Waals surface area contributed by atoms with Crippen LogP contribution >= 0.6 is 0 Å². The summed E-state index contributed by atoms with van der Waals surface area (Å²) in [5.41, 5.74) is -1.67. The SMILES string of the molecule is CC1CC(=O)C2C3=C(C=CC2(OC2CC(O)C(OC4CC(O)C(O)C(C)O4)C(C)O2)C1)C(=O)c1c(ccc(C2CC(O)C(OC4CC(O)C(O)C(C)O4)C(C)O2)c1O)C3=O. The summed E-state index contributed by atoms with van der Waals surface area (Å²) in [6.07, 6.45) is -11.6. The molecule has 7 aliphatic rings. The average Bonchev–Trinajstić information content (AvgIpc) is 3.17. The highest BCUT2D eigenvalue weighted by Gasteiger charge is 2.57. The van der Waals surface area contributed by atoms with Crippen LogP contribution in [0.15, 0.2) is 35.4 Å². The Morgan fingerprint density at radius 2 is 1.22 bits per heavy atom. The second-order valence-corrected chi connectivity index (χ2v) is 17.8. The lowest BCUT2D eigenvalue weighted by Gasteiger charge is -2.50. The van der Waals surface area contributed by atoms with Crippen LogP contribution in [0, 0.1) is 11.8 Å². The Kier molecular flexibility index (Phi) is 12.1. The summed E-state index contributed by atoms with van der Waals surface area (Å²) in [4.78, 5) is 43.0. The quantitative estimate of drug-likeness (QED) is 0.204. The zero-order valence-electron chi connectivity index (χ0n) is 34.2. The van der Waals surface area contributed by atoms with Crippen molar-refractivity contribution in [1.29, 1.82) is 0 Å². The van der Waals surface area contributed by atoms with E-state index in [2.05, 4.69) is 0 Å². The van der Waals surface area contributed by atoms with Gasteiger partial charge in [0.25, 0.3) is 0 Å². The van der Waals surface area contributed by atoms with Crippen molar-refractivity contribution < 1.29 is 83.3 Å². The number of Topliss-reactive ketones (excluding diaryl/α,β-unsaturated/α-hetero) is 3. The van der Waals surface area contributed by atoms with E-state index >= 15 is 0 Å². The van der Waals surface area contributed by atoms with E-state index in [4.69, 9.17) is 33.2 Å².